The molecule has 0 spiro atoms. The van der Waals surface area contributed by atoms with Crippen LogP contribution in [-0.4, -0.2) is 14.8 Å². The number of halogens is 2. The fraction of sp³-hybridized carbons (Fsp3) is 0.375. The predicted octanol–water partition coefficient (Wildman–Crippen LogP) is 0.659. The molecule has 0 aromatic carbocycles. The van der Waals surface area contributed by atoms with E-state index in [0.29, 0.717) is 19.3 Å². The van der Waals surface area contributed by atoms with Gasteiger partial charge in [-0.3, -0.25) is 9.55 Å². The zero-order valence-electron chi connectivity index (χ0n) is 13.7. The second-order valence-electron chi connectivity index (χ2n) is 5.36. The Labute approximate surface area is 163 Å². The van der Waals surface area contributed by atoms with Crippen LogP contribution in [0.2, 0.25) is 0 Å². The molecule has 0 saturated heterocycles. The van der Waals surface area contributed by atoms with Gasteiger partial charge in [0.05, 0.1) is 0 Å². The topological polar surface area (TPSA) is 74.3 Å². The van der Waals surface area contributed by atoms with E-state index in [0.717, 1.165) is 11.1 Å². The average Bonchev–Trinajstić information content (AvgIpc) is 2.52. The van der Waals surface area contributed by atoms with Gasteiger partial charge in [-0.05, 0) is 29.7 Å². The zero-order valence-corrected chi connectivity index (χ0v) is 17.9. The van der Waals surface area contributed by atoms with Crippen molar-refractivity contribution in [3.63, 3.8) is 0 Å². The average molecular weight is 482 g/mol. The molecule has 5 nitrogen and oxygen atoms in total. The van der Waals surface area contributed by atoms with Crippen molar-refractivity contribution in [1.82, 2.24) is 4.98 Å². The Hall–Kier alpha value is -0.590. The van der Waals surface area contributed by atoms with Gasteiger partial charge in [-0.2, -0.15) is 4.57 Å². The molecule has 24 heavy (non-hydrogen) atoms. The zero-order chi connectivity index (χ0) is 16.2. The first-order valence-electron chi connectivity index (χ1n) is 7.42. The van der Waals surface area contributed by atoms with Crippen LogP contribution in [-0.2, 0) is 9.85 Å². The molecule has 0 aliphatic carbocycles. The summed E-state index contributed by atoms with van der Waals surface area (Å²) >= 11 is 0. The molecule has 2 aromatic rings. The predicted molar refractivity (Wildman–Crippen MR) is 95.4 cm³/mol. The minimum atomic E-state index is -4.28. The Morgan fingerprint density at radius 2 is 1.58 bits per heavy atom. The first-order chi connectivity index (χ1) is 10.4. The van der Waals surface area contributed by atoms with Crippen LogP contribution in [0.1, 0.15) is 33.1 Å². The molecule has 0 fully saturated rings. The van der Waals surface area contributed by atoms with E-state index in [9.17, 15) is 14.4 Å². The lowest BCUT2D eigenvalue weighted by Crippen LogP contribution is -3.00. The van der Waals surface area contributed by atoms with Crippen LogP contribution in [0.3, 0.4) is 0 Å². The highest BCUT2D eigenvalue weighted by atomic mass is 79.9. The molecule has 1 unspecified atom stereocenters. The van der Waals surface area contributed by atoms with Crippen molar-refractivity contribution in [1.29, 1.82) is 0 Å². The van der Waals surface area contributed by atoms with Crippen LogP contribution < -0.4 is 21.5 Å². The number of aromatic nitrogens is 2. The normalized spacial score (nSPS) is 13.3. The number of nitrogens with zero attached hydrogens (tertiary/aromatic N) is 2. The summed E-state index contributed by atoms with van der Waals surface area (Å²) in [5.74, 6) is 0. The van der Waals surface area contributed by atoms with Crippen molar-refractivity contribution in [3.8, 4) is 11.1 Å². The molecule has 0 aliphatic heterocycles. The molecule has 0 bridgehead atoms. The van der Waals surface area contributed by atoms with Gasteiger partial charge in [0, 0.05) is 37.4 Å². The summed E-state index contributed by atoms with van der Waals surface area (Å²) in [5.41, 5.74) is 2.02. The fourth-order valence-corrected chi connectivity index (χ4v) is 4.19. The van der Waals surface area contributed by atoms with Crippen molar-refractivity contribution in [2.24, 2.45) is 0 Å². The van der Waals surface area contributed by atoms with Crippen molar-refractivity contribution in [3.05, 3.63) is 49.1 Å². The van der Waals surface area contributed by atoms with E-state index in [1.165, 1.54) is 0 Å². The van der Waals surface area contributed by atoms with E-state index in [-0.39, 0.29) is 34.0 Å². The van der Waals surface area contributed by atoms with Crippen LogP contribution in [0, 0.1) is 0 Å². The molecule has 0 saturated carbocycles. The maximum absolute atomic E-state index is 12.1. The van der Waals surface area contributed by atoms with Crippen LogP contribution in [0.5, 0.6) is 0 Å². The Bertz CT molecular complexity index is 665. The van der Waals surface area contributed by atoms with Crippen LogP contribution in [0.15, 0.2) is 49.1 Å². The summed E-state index contributed by atoms with van der Waals surface area (Å²) < 4.78 is 13.8. The van der Waals surface area contributed by atoms with E-state index in [1.54, 1.807) is 29.4 Å². The lowest BCUT2D eigenvalue weighted by Gasteiger charge is -2.27. The molecule has 2 rings (SSSR count). The number of hydrogen-bond donors (Lipinski definition) is 2. The summed E-state index contributed by atoms with van der Waals surface area (Å²) in [4.78, 5) is 23.8. The highest BCUT2D eigenvalue weighted by molar-refractivity contribution is 8.93. The van der Waals surface area contributed by atoms with Crippen LogP contribution in [0.25, 0.3) is 11.1 Å². The smallest absolute Gasteiger partial charge is 0.396 e. The maximum Gasteiger partial charge on any atom is 0.396 e. The Balaban J connectivity index is 0.00000264. The minimum absolute atomic E-state index is 0. The summed E-state index contributed by atoms with van der Waals surface area (Å²) in [6.07, 6.45) is 8.48. The van der Waals surface area contributed by atoms with Gasteiger partial charge in [-0.25, -0.2) is 0 Å². The highest BCUT2D eigenvalue weighted by Gasteiger charge is 2.53. The van der Waals surface area contributed by atoms with Crippen LogP contribution in [0.4, 0.5) is 0 Å². The summed E-state index contributed by atoms with van der Waals surface area (Å²) in [7, 11) is -4.28. The summed E-state index contributed by atoms with van der Waals surface area (Å²) in [5, 5.41) is -1.17. The van der Waals surface area contributed by atoms with Gasteiger partial charge in [0.2, 0.25) is 0 Å². The number of pyridine rings is 2. The van der Waals surface area contributed by atoms with Gasteiger partial charge in [0.15, 0.2) is 12.4 Å². The Morgan fingerprint density at radius 3 is 2.00 bits per heavy atom. The first-order valence-corrected chi connectivity index (χ1v) is 9.03. The van der Waals surface area contributed by atoms with Gasteiger partial charge in [0.25, 0.3) is 5.28 Å². The van der Waals surface area contributed by atoms with E-state index in [1.807, 2.05) is 38.1 Å². The quantitative estimate of drug-likeness (QED) is 0.469. The Morgan fingerprint density at radius 1 is 1.08 bits per heavy atom. The molecule has 0 radical (unpaired) electrons. The van der Waals surface area contributed by atoms with Crippen molar-refractivity contribution in [2.75, 3.05) is 0 Å². The molecule has 2 N–H and O–H groups in total. The largest absolute Gasteiger partial charge is 1.00 e. The third kappa shape index (κ3) is 4.73. The van der Waals surface area contributed by atoms with E-state index in [2.05, 4.69) is 4.98 Å². The lowest BCUT2D eigenvalue weighted by molar-refractivity contribution is -0.744. The van der Waals surface area contributed by atoms with E-state index < -0.39 is 12.9 Å². The third-order valence-electron chi connectivity index (χ3n) is 4.08. The molecule has 2 aromatic heterocycles. The van der Waals surface area contributed by atoms with Crippen molar-refractivity contribution >= 4 is 24.6 Å². The molecular formula is C16H23Br2N2O3P. The monoisotopic (exact) mass is 480 g/mol. The molecule has 8 heteroatoms. The van der Waals surface area contributed by atoms with Gasteiger partial charge in [-0.1, -0.05) is 13.8 Å². The number of rotatable bonds is 6. The molecule has 2 heterocycles. The second-order valence-corrected chi connectivity index (χ2v) is 7.28. The molecule has 0 aliphatic rings. The van der Waals surface area contributed by atoms with E-state index in [4.69, 9.17) is 0 Å². The lowest BCUT2D eigenvalue weighted by atomic mass is 10.1. The maximum atomic E-state index is 12.1. The van der Waals surface area contributed by atoms with Gasteiger partial charge in [0.1, 0.15) is 0 Å². The van der Waals surface area contributed by atoms with Gasteiger partial charge in [-0.15, -0.1) is 17.0 Å². The number of hydrogen-bond acceptors (Lipinski definition) is 2. The molecular weight excluding hydrogens is 459 g/mol. The molecule has 1 atom stereocenters. The second kappa shape index (κ2) is 9.78. The van der Waals surface area contributed by atoms with Crippen molar-refractivity contribution in [2.45, 2.75) is 38.4 Å². The SMILES string of the molecule is Br.CCCC(CC)([n+]1ccc(-c2ccncc2)cc1)P(=O)(O)O.[Br-]. The standard InChI is InChI=1S/C16H21N2O3P.2BrH/c1-3-9-16(4-2,22(19,20)21)18-12-7-15(8-13-18)14-5-10-17-11-6-14;;/h5-8,10-13H,3-4,9H2,1-2H3,(H-,19,20,21);2*1H. The van der Waals surface area contributed by atoms with Gasteiger partial charge >= 0.3 is 7.60 Å². The Kier molecular flexibility index (Phi) is 9.54. The summed E-state index contributed by atoms with van der Waals surface area (Å²) in [6.45, 7) is 3.75. The van der Waals surface area contributed by atoms with Crippen molar-refractivity contribution < 1.29 is 35.9 Å². The fourth-order valence-electron chi connectivity index (χ4n) is 2.83. The highest BCUT2D eigenvalue weighted by Crippen LogP contribution is 2.55. The molecule has 134 valence electrons. The summed E-state index contributed by atoms with van der Waals surface area (Å²) in [6, 6.07) is 7.57. The first kappa shape index (κ1) is 23.4. The van der Waals surface area contributed by atoms with Crippen LogP contribution >= 0.6 is 24.6 Å². The minimum Gasteiger partial charge on any atom is -1.00 e. The van der Waals surface area contributed by atoms with E-state index >= 15 is 0 Å². The molecule has 0 amide bonds. The third-order valence-corrected chi connectivity index (χ3v) is 5.94. The van der Waals surface area contributed by atoms with Gasteiger partial charge < -0.3 is 26.8 Å².